The van der Waals surface area contributed by atoms with E-state index in [1.54, 1.807) is 18.2 Å². The first-order chi connectivity index (χ1) is 7.60. The minimum atomic E-state index is -0.588. The molecule has 88 valence electrons. The second kappa shape index (κ2) is 6.09. The Morgan fingerprint density at radius 3 is 2.69 bits per heavy atom. The molecule has 0 aliphatic rings. The summed E-state index contributed by atoms with van der Waals surface area (Å²) in [6.45, 7) is 1.83. The van der Waals surface area contributed by atoms with Gasteiger partial charge in [-0.05, 0) is 18.6 Å². The lowest BCUT2D eigenvalue weighted by Crippen LogP contribution is -2.27. The van der Waals surface area contributed by atoms with Crippen molar-refractivity contribution in [3.63, 3.8) is 0 Å². The summed E-state index contributed by atoms with van der Waals surface area (Å²) in [6.07, 6.45) is -0.0527. The monoisotopic (exact) mass is 262 g/mol. The molecule has 1 aromatic carbocycles. The number of ether oxygens (including phenoxy) is 2. The van der Waals surface area contributed by atoms with Crippen molar-refractivity contribution in [3.8, 4) is 5.75 Å². The average Bonchev–Trinajstić information content (AvgIpc) is 2.26. The summed E-state index contributed by atoms with van der Waals surface area (Å²) in [7, 11) is 1.45. The topological polar surface area (TPSA) is 35.5 Å². The number of esters is 1. The number of carbonyl (C=O) groups excluding carboxylic acids is 1. The molecule has 0 N–H and O–H groups in total. The number of carbonyl (C=O) groups is 1. The summed E-state index contributed by atoms with van der Waals surface area (Å²) in [5, 5.41) is 0.570. The third-order valence-electron chi connectivity index (χ3n) is 2.04. The fraction of sp³-hybridized carbons (Fsp3) is 0.364. The Balaban J connectivity index is 2.80. The molecule has 0 amide bonds. The number of benzene rings is 1. The molecule has 1 unspecified atom stereocenters. The molecule has 0 saturated heterocycles. The molecular formula is C11H12Cl2O3. The summed E-state index contributed by atoms with van der Waals surface area (Å²) in [6, 6.07) is 4.86. The lowest BCUT2D eigenvalue weighted by Gasteiger charge is -2.13. The van der Waals surface area contributed by atoms with E-state index >= 15 is 0 Å². The summed E-state index contributed by atoms with van der Waals surface area (Å²) in [5.74, 6) is -0.233. The van der Waals surface area contributed by atoms with E-state index in [0.29, 0.717) is 11.4 Å². The molecule has 0 fully saturated rings. The van der Waals surface area contributed by atoms with Crippen LogP contribution in [0, 0.1) is 0 Å². The lowest BCUT2D eigenvalue weighted by molar-refractivity contribution is -0.145. The van der Waals surface area contributed by atoms with Crippen LogP contribution in [-0.2, 0) is 9.53 Å². The van der Waals surface area contributed by atoms with Crippen LogP contribution >= 0.6 is 23.2 Å². The van der Waals surface area contributed by atoms with Gasteiger partial charge in [0.05, 0.1) is 5.02 Å². The minimum absolute atomic E-state index is 0.225. The molecule has 3 nitrogen and oxygen atoms in total. The van der Waals surface area contributed by atoms with E-state index in [9.17, 15) is 4.79 Å². The predicted molar refractivity (Wildman–Crippen MR) is 63.2 cm³/mol. The number of methoxy groups -OCH3 is 1. The molecule has 0 aliphatic heterocycles. The van der Waals surface area contributed by atoms with E-state index in [2.05, 4.69) is 0 Å². The van der Waals surface area contributed by atoms with Crippen molar-refractivity contribution in [2.24, 2.45) is 0 Å². The molecule has 1 rings (SSSR count). The van der Waals surface area contributed by atoms with Crippen LogP contribution in [-0.4, -0.2) is 19.2 Å². The van der Waals surface area contributed by atoms with E-state index in [0.717, 1.165) is 0 Å². The number of rotatable bonds is 4. The maximum atomic E-state index is 11.6. The summed E-state index contributed by atoms with van der Waals surface area (Å²) < 4.78 is 10.0. The van der Waals surface area contributed by atoms with Gasteiger partial charge < -0.3 is 9.47 Å². The van der Waals surface area contributed by atoms with Crippen molar-refractivity contribution in [1.82, 2.24) is 0 Å². The average molecular weight is 263 g/mol. The Morgan fingerprint density at radius 1 is 1.44 bits per heavy atom. The van der Waals surface area contributed by atoms with Crippen molar-refractivity contribution < 1.29 is 14.3 Å². The molecule has 0 radical (unpaired) electrons. The molecule has 1 aromatic rings. The zero-order valence-corrected chi connectivity index (χ0v) is 10.5. The fourth-order valence-electron chi connectivity index (χ4n) is 1.17. The Kier molecular flexibility index (Phi) is 5.06. The first kappa shape index (κ1) is 13.3. The third-order valence-corrected chi connectivity index (χ3v) is 2.85. The van der Waals surface area contributed by atoms with Crippen LogP contribution in [0.1, 0.15) is 13.3 Å². The lowest BCUT2D eigenvalue weighted by atomic mass is 10.3. The first-order valence-corrected chi connectivity index (χ1v) is 5.54. The molecular weight excluding hydrogens is 251 g/mol. The number of hydrogen-bond donors (Lipinski definition) is 0. The molecule has 0 spiro atoms. The fourth-order valence-corrected chi connectivity index (χ4v) is 1.50. The van der Waals surface area contributed by atoms with Crippen LogP contribution in [0.5, 0.6) is 5.75 Å². The van der Waals surface area contributed by atoms with Gasteiger partial charge in [-0.1, -0.05) is 36.2 Å². The molecule has 0 bridgehead atoms. The van der Waals surface area contributed by atoms with Crippen LogP contribution in [0.3, 0.4) is 0 Å². The van der Waals surface area contributed by atoms with Gasteiger partial charge >= 0.3 is 5.97 Å². The van der Waals surface area contributed by atoms with E-state index in [-0.39, 0.29) is 10.8 Å². The minimum Gasteiger partial charge on any atom is -0.423 e. The summed E-state index contributed by atoms with van der Waals surface area (Å²) in [5.41, 5.74) is 0. The van der Waals surface area contributed by atoms with E-state index in [4.69, 9.17) is 32.7 Å². The predicted octanol–water partition coefficient (Wildman–Crippen LogP) is 3.32. The van der Waals surface area contributed by atoms with Crippen LogP contribution in [0.25, 0.3) is 0 Å². The van der Waals surface area contributed by atoms with Crippen LogP contribution in [0.15, 0.2) is 18.2 Å². The van der Waals surface area contributed by atoms with Gasteiger partial charge in [-0.25, -0.2) is 4.79 Å². The van der Waals surface area contributed by atoms with Crippen LogP contribution in [0.4, 0.5) is 0 Å². The van der Waals surface area contributed by atoms with Crippen LogP contribution < -0.4 is 4.74 Å². The quantitative estimate of drug-likeness (QED) is 0.617. The second-order valence-electron chi connectivity index (χ2n) is 3.11. The highest BCUT2D eigenvalue weighted by Crippen LogP contribution is 2.31. The van der Waals surface area contributed by atoms with Gasteiger partial charge in [0.25, 0.3) is 0 Å². The van der Waals surface area contributed by atoms with Gasteiger partial charge in [-0.15, -0.1) is 0 Å². The standard InChI is InChI=1S/C11H12Cl2O3/c1-3-8(15-2)11(14)16-9-6-4-5-7(12)10(9)13/h4-6,8H,3H2,1-2H3. The zero-order valence-electron chi connectivity index (χ0n) is 9.00. The normalized spacial score (nSPS) is 12.2. The first-order valence-electron chi connectivity index (χ1n) is 4.78. The van der Waals surface area contributed by atoms with Crippen LogP contribution in [0.2, 0.25) is 10.0 Å². The van der Waals surface area contributed by atoms with Crippen molar-refractivity contribution in [2.75, 3.05) is 7.11 Å². The largest absolute Gasteiger partial charge is 0.423 e. The Bertz CT molecular complexity index is 375. The smallest absolute Gasteiger partial charge is 0.340 e. The highest BCUT2D eigenvalue weighted by molar-refractivity contribution is 6.43. The second-order valence-corrected chi connectivity index (χ2v) is 3.89. The maximum Gasteiger partial charge on any atom is 0.340 e. The molecule has 1 atom stereocenters. The third kappa shape index (κ3) is 3.11. The van der Waals surface area contributed by atoms with Gasteiger partial charge in [0.15, 0.2) is 11.9 Å². The maximum absolute atomic E-state index is 11.6. The highest BCUT2D eigenvalue weighted by Gasteiger charge is 2.19. The van der Waals surface area contributed by atoms with Crippen molar-refractivity contribution >= 4 is 29.2 Å². The van der Waals surface area contributed by atoms with E-state index in [1.165, 1.54) is 7.11 Å². The van der Waals surface area contributed by atoms with Crippen molar-refractivity contribution in [2.45, 2.75) is 19.4 Å². The molecule has 0 aliphatic carbocycles. The Hall–Kier alpha value is -0.770. The Labute approximate surface area is 104 Å². The van der Waals surface area contributed by atoms with Gasteiger partial charge in [-0.2, -0.15) is 0 Å². The SMILES string of the molecule is CCC(OC)C(=O)Oc1cccc(Cl)c1Cl. The van der Waals surface area contributed by atoms with Gasteiger partial charge in [0, 0.05) is 7.11 Å². The van der Waals surface area contributed by atoms with Gasteiger partial charge in [-0.3, -0.25) is 0 Å². The van der Waals surface area contributed by atoms with E-state index < -0.39 is 12.1 Å². The molecule has 0 saturated carbocycles. The summed E-state index contributed by atoms with van der Waals surface area (Å²) in [4.78, 5) is 11.6. The zero-order chi connectivity index (χ0) is 12.1. The van der Waals surface area contributed by atoms with Gasteiger partial charge in [0.2, 0.25) is 0 Å². The highest BCUT2D eigenvalue weighted by atomic mass is 35.5. The number of halogens is 2. The van der Waals surface area contributed by atoms with Crippen molar-refractivity contribution in [3.05, 3.63) is 28.2 Å². The Morgan fingerprint density at radius 2 is 2.12 bits per heavy atom. The van der Waals surface area contributed by atoms with Gasteiger partial charge in [0.1, 0.15) is 5.02 Å². The van der Waals surface area contributed by atoms with E-state index in [1.807, 2.05) is 6.92 Å². The molecule has 0 aromatic heterocycles. The number of hydrogen-bond acceptors (Lipinski definition) is 3. The molecule has 16 heavy (non-hydrogen) atoms. The molecule has 0 heterocycles. The summed E-state index contributed by atoms with van der Waals surface area (Å²) >= 11 is 11.7. The van der Waals surface area contributed by atoms with Crippen molar-refractivity contribution in [1.29, 1.82) is 0 Å². The molecule has 5 heteroatoms.